The highest BCUT2D eigenvalue weighted by Gasteiger charge is 2.44. The zero-order chi connectivity index (χ0) is 26.5. The maximum Gasteiger partial charge on any atom is 0.242 e. The van der Waals surface area contributed by atoms with Crippen LogP contribution in [0.4, 0.5) is 0 Å². The van der Waals surface area contributed by atoms with Gasteiger partial charge in [-0.15, -0.1) is 0 Å². The summed E-state index contributed by atoms with van der Waals surface area (Å²) in [6, 6.07) is 15.7. The molecule has 1 heterocycles. The largest absolute Gasteiger partial charge is 0.497 e. The van der Waals surface area contributed by atoms with E-state index in [2.05, 4.69) is 49.8 Å². The molecule has 0 bridgehead atoms. The molecular weight excluding hydrogens is 474 g/mol. The second-order valence-electron chi connectivity index (χ2n) is 10.6. The summed E-state index contributed by atoms with van der Waals surface area (Å²) in [5.74, 6) is 0.810. The molecule has 2 aromatic carbocycles. The number of rotatable bonds is 11. The number of ether oxygens (including phenoxy) is 1. The van der Waals surface area contributed by atoms with Crippen molar-refractivity contribution in [1.82, 2.24) is 14.5 Å². The average Bonchev–Trinajstić information content (AvgIpc) is 3.08. The fourth-order valence-electron chi connectivity index (χ4n) is 4.56. The molecule has 0 aliphatic carbocycles. The smallest absolute Gasteiger partial charge is 0.242 e. The number of carbonyl (C=O) groups is 1. The number of carbonyl (C=O) groups excluding carboxylic acids is 1. The molecule has 1 fully saturated rings. The standard InChI is InChI=1S/C28H41N3O4S/c1-7-8-19-36(33,34)29-20-25-27(32)31(18-17-21-9-15-24(35-6)16-10-21)26(30(25)5)22-11-13-23(14-12-22)28(2,3)4/h9-16,25-26,29H,7-8,17-20H2,1-6H3/t25-,26-/m0/s1. The molecule has 1 saturated heterocycles. The Balaban J connectivity index is 1.84. The summed E-state index contributed by atoms with van der Waals surface area (Å²) < 4.78 is 32.8. The quantitative estimate of drug-likeness (QED) is 0.488. The summed E-state index contributed by atoms with van der Waals surface area (Å²) in [5.41, 5.74) is 3.38. The molecule has 198 valence electrons. The van der Waals surface area contributed by atoms with Crippen LogP contribution in [0.15, 0.2) is 48.5 Å². The van der Waals surface area contributed by atoms with Crippen LogP contribution in [0, 0.1) is 0 Å². The summed E-state index contributed by atoms with van der Waals surface area (Å²) in [7, 11) is 0.119. The first-order chi connectivity index (χ1) is 17.0. The fourth-order valence-corrected chi connectivity index (χ4v) is 5.79. The van der Waals surface area contributed by atoms with Gasteiger partial charge < -0.3 is 9.64 Å². The van der Waals surface area contributed by atoms with E-state index in [0.29, 0.717) is 19.4 Å². The van der Waals surface area contributed by atoms with Gasteiger partial charge in [-0.1, -0.05) is 70.5 Å². The average molecular weight is 516 g/mol. The number of unbranched alkanes of at least 4 members (excludes halogenated alkanes) is 1. The molecule has 1 amide bonds. The molecule has 0 radical (unpaired) electrons. The van der Waals surface area contributed by atoms with Gasteiger partial charge in [-0.25, -0.2) is 13.1 Å². The summed E-state index contributed by atoms with van der Waals surface area (Å²) >= 11 is 0. The predicted octanol–water partition coefficient (Wildman–Crippen LogP) is 4.10. The van der Waals surface area contributed by atoms with Crippen LogP contribution in [0.2, 0.25) is 0 Å². The van der Waals surface area contributed by atoms with Gasteiger partial charge in [-0.05, 0) is 54.1 Å². The van der Waals surface area contributed by atoms with Gasteiger partial charge in [-0.3, -0.25) is 9.69 Å². The van der Waals surface area contributed by atoms with Crippen LogP contribution in [-0.4, -0.2) is 63.2 Å². The van der Waals surface area contributed by atoms with Gasteiger partial charge in [-0.2, -0.15) is 0 Å². The first-order valence-corrected chi connectivity index (χ1v) is 14.3. The molecule has 0 aromatic heterocycles. The predicted molar refractivity (Wildman–Crippen MR) is 145 cm³/mol. The minimum Gasteiger partial charge on any atom is -0.497 e. The summed E-state index contributed by atoms with van der Waals surface area (Å²) in [4.78, 5) is 17.5. The molecule has 0 saturated carbocycles. The first kappa shape index (κ1) is 28.2. The highest BCUT2D eigenvalue weighted by atomic mass is 32.2. The third kappa shape index (κ3) is 6.87. The molecule has 1 N–H and O–H groups in total. The van der Waals surface area contributed by atoms with Crippen LogP contribution in [0.25, 0.3) is 0 Å². The van der Waals surface area contributed by atoms with Crippen LogP contribution in [0.3, 0.4) is 0 Å². The van der Waals surface area contributed by atoms with Crippen molar-refractivity contribution in [2.45, 2.75) is 64.6 Å². The Morgan fingerprint density at radius 1 is 1.03 bits per heavy atom. The van der Waals surface area contributed by atoms with Gasteiger partial charge >= 0.3 is 0 Å². The molecule has 0 spiro atoms. The van der Waals surface area contributed by atoms with Crippen LogP contribution < -0.4 is 9.46 Å². The lowest BCUT2D eigenvalue weighted by Gasteiger charge is -2.30. The first-order valence-electron chi connectivity index (χ1n) is 12.7. The van der Waals surface area contributed by atoms with Crippen LogP contribution in [0.5, 0.6) is 5.75 Å². The second-order valence-corrected chi connectivity index (χ2v) is 12.5. The van der Waals surface area contributed by atoms with Gasteiger partial charge in [0.1, 0.15) is 18.0 Å². The molecular formula is C28H41N3O4S. The Morgan fingerprint density at radius 2 is 1.67 bits per heavy atom. The summed E-state index contributed by atoms with van der Waals surface area (Å²) in [5, 5.41) is 0. The van der Waals surface area contributed by atoms with Crippen molar-refractivity contribution >= 4 is 15.9 Å². The lowest BCUT2D eigenvalue weighted by atomic mass is 9.86. The molecule has 1 aliphatic heterocycles. The third-order valence-corrected chi connectivity index (χ3v) is 8.31. The lowest BCUT2D eigenvalue weighted by molar-refractivity contribution is -0.130. The lowest BCUT2D eigenvalue weighted by Crippen LogP contribution is -2.43. The molecule has 0 unspecified atom stereocenters. The van der Waals surface area contributed by atoms with E-state index in [9.17, 15) is 13.2 Å². The van der Waals surface area contributed by atoms with E-state index in [1.807, 2.05) is 48.0 Å². The van der Waals surface area contributed by atoms with Crippen LogP contribution in [0.1, 0.15) is 63.4 Å². The van der Waals surface area contributed by atoms with Gasteiger partial charge in [0.15, 0.2) is 0 Å². The number of amides is 1. The van der Waals surface area contributed by atoms with E-state index in [1.54, 1.807) is 7.11 Å². The van der Waals surface area contributed by atoms with Crippen LogP contribution >= 0.6 is 0 Å². The molecule has 8 heteroatoms. The topological polar surface area (TPSA) is 79.0 Å². The number of hydrogen-bond donors (Lipinski definition) is 1. The van der Waals surface area contributed by atoms with Crippen molar-refractivity contribution in [3.8, 4) is 5.75 Å². The Hall–Kier alpha value is -2.42. The van der Waals surface area contributed by atoms with E-state index in [-0.39, 0.29) is 29.8 Å². The summed E-state index contributed by atoms with van der Waals surface area (Å²) in [6.45, 7) is 9.08. The van der Waals surface area contributed by atoms with E-state index >= 15 is 0 Å². The highest BCUT2D eigenvalue weighted by Crippen LogP contribution is 2.34. The fraction of sp³-hybridized carbons (Fsp3) is 0.536. The SMILES string of the molecule is CCCCS(=O)(=O)NC[C@H]1C(=O)N(CCc2ccc(OC)cc2)[C@@H](c2ccc(C(C)(C)C)cc2)N1C. The van der Waals surface area contributed by atoms with Gasteiger partial charge in [0, 0.05) is 13.1 Å². The molecule has 3 rings (SSSR count). The number of nitrogens with zero attached hydrogens (tertiary/aromatic N) is 2. The number of hydrogen-bond acceptors (Lipinski definition) is 5. The van der Waals surface area contributed by atoms with Crippen LogP contribution in [-0.2, 0) is 26.7 Å². The monoisotopic (exact) mass is 515 g/mol. The van der Waals surface area contributed by atoms with Crippen molar-refractivity contribution in [1.29, 1.82) is 0 Å². The summed E-state index contributed by atoms with van der Waals surface area (Å²) in [6.07, 6.45) is 1.82. The Labute approximate surface area is 216 Å². The number of benzene rings is 2. The van der Waals surface area contributed by atoms with Crippen molar-refractivity contribution in [2.75, 3.05) is 33.0 Å². The van der Waals surface area contributed by atoms with Gasteiger partial charge in [0.05, 0.1) is 12.9 Å². The molecule has 36 heavy (non-hydrogen) atoms. The minimum atomic E-state index is -3.42. The molecule has 1 aliphatic rings. The van der Waals surface area contributed by atoms with E-state index in [0.717, 1.165) is 23.3 Å². The molecule has 2 aromatic rings. The minimum absolute atomic E-state index is 0.0310. The maximum absolute atomic E-state index is 13.6. The number of sulfonamides is 1. The third-order valence-electron chi connectivity index (χ3n) is 6.88. The number of nitrogens with one attached hydrogen (secondary N) is 1. The zero-order valence-electron chi connectivity index (χ0n) is 22.5. The van der Waals surface area contributed by atoms with Crippen molar-refractivity contribution in [2.24, 2.45) is 0 Å². The van der Waals surface area contributed by atoms with E-state index in [4.69, 9.17) is 4.74 Å². The molecule has 7 nitrogen and oxygen atoms in total. The van der Waals surface area contributed by atoms with E-state index < -0.39 is 16.1 Å². The molecule has 2 atom stereocenters. The zero-order valence-corrected chi connectivity index (χ0v) is 23.3. The van der Waals surface area contributed by atoms with E-state index in [1.165, 1.54) is 5.56 Å². The van der Waals surface area contributed by atoms with Crippen molar-refractivity contribution in [3.63, 3.8) is 0 Å². The van der Waals surface area contributed by atoms with Crippen molar-refractivity contribution < 1.29 is 17.9 Å². The Bertz CT molecular complexity index is 1110. The Morgan fingerprint density at radius 3 is 2.22 bits per heavy atom. The maximum atomic E-state index is 13.6. The number of methoxy groups -OCH3 is 1. The van der Waals surface area contributed by atoms with Gasteiger partial charge in [0.2, 0.25) is 15.9 Å². The number of likely N-dealkylation sites (N-methyl/N-ethyl adjacent to an activating group) is 1. The highest BCUT2D eigenvalue weighted by molar-refractivity contribution is 7.89. The Kier molecular flexibility index (Phi) is 9.19. The van der Waals surface area contributed by atoms with Gasteiger partial charge in [0.25, 0.3) is 0 Å². The normalized spacial score (nSPS) is 19.2. The van der Waals surface area contributed by atoms with Crippen molar-refractivity contribution in [3.05, 3.63) is 65.2 Å². The second kappa shape index (κ2) is 11.8.